The molecule has 0 N–H and O–H groups in total. The Morgan fingerprint density at radius 2 is 1.62 bits per heavy atom. The van der Waals surface area contributed by atoms with Gasteiger partial charge in [-0.05, 0) is 36.6 Å². The third-order valence-corrected chi connectivity index (χ3v) is 6.17. The molecule has 0 saturated carbocycles. The van der Waals surface area contributed by atoms with Gasteiger partial charge in [0.1, 0.15) is 0 Å². The second-order valence-corrected chi connectivity index (χ2v) is 8.84. The Bertz CT molecular complexity index is 610. The summed E-state index contributed by atoms with van der Waals surface area (Å²) in [6, 6.07) is 5.80. The first-order valence-electron chi connectivity index (χ1n) is 7.42. The van der Waals surface area contributed by atoms with Crippen LogP contribution in [-0.2, 0) is 15.4 Å². The fraction of sp³-hybridized carbons (Fsp3) is 0.625. The van der Waals surface area contributed by atoms with Crippen molar-refractivity contribution in [3.8, 4) is 0 Å². The maximum atomic E-state index is 12.9. The molecule has 0 aromatic heterocycles. The third kappa shape index (κ3) is 3.47. The molecule has 0 amide bonds. The Morgan fingerprint density at radius 3 is 2.14 bits per heavy atom. The molecule has 118 valence electrons. The van der Waals surface area contributed by atoms with Crippen molar-refractivity contribution in [1.82, 2.24) is 9.21 Å². The molecule has 1 fully saturated rings. The van der Waals surface area contributed by atoms with Crippen molar-refractivity contribution in [2.75, 3.05) is 33.2 Å². The SMILES string of the molecule is Cc1ccc(C(C)(C)C)cc1S(=O)(=O)N1CCN(C)CC1. The van der Waals surface area contributed by atoms with E-state index in [1.165, 1.54) is 0 Å². The lowest BCUT2D eigenvalue weighted by molar-refractivity contribution is 0.222. The average Bonchev–Trinajstić information content (AvgIpc) is 2.38. The van der Waals surface area contributed by atoms with E-state index < -0.39 is 10.0 Å². The van der Waals surface area contributed by atoms with Gasteiger partial charge in [-0.25, -0.2) is 8.42 Å². The smallest absolute Gasteiger partial charge is 0.243 e. The van der Waals surface area contributed by atoms with E-state index >= 15 is 0 Å². The molecule has 1 aromatic rings. The minimum absolute atomic E-state index is 0.0555. The van der Waals surface area contributed by atoms with Crippen LogP contribution in [0.1, 0.15) is 31.9 Å². The van der Waals surface area contributed by atoms with Gasteiger partial charge in [-0.1, -0.05) is 32.9 Å². The van der Waals surface area contributed by atoms with Crippen LogP contribution in [0.4, 0.5) is 0 Å². The summed E-state index contributed by atoms with van der Waals surface area (Å²) in [5.74, 6) is 0. The quantitative estimate of drug-likeness (QED) is 0.841. The van der Waals surface area contributed by atoms with E-state index in [9.17, 15) is 8.42 Å². The van der Waals surface area contributed by atoms with Gasteiger partial charge in [0.2, 0.25) is 10.0 Å². The summed E-state index contributed by atoms with van der Waals surface area (Å²) in [6.45, 7) is 10.9. The summed E-state index contributed by atoms with van der Waals surface area (Å²) in [4.78, 5) is 2.62. The Hall–Kier alpha value is -0.910. The number of sulfonamides is 1. The zero-order chi connectivity index (χ0) is 15.8. The Balaban J connectivity index is 2.40. The van der Waals surface area contributed by atoms with E-state index in [0.29, 0.717) is 18.0 Å². The number of rotatable bonds is 2. The Labute approximate surface area is 128 Å². The minimum atomic E-state index is -3.39. The predicted molar refractivity (Wildman–Crippen MR) is 86.1 cm³/mol. The monoisotopic (exact) mass is 310 g/mol. The topological polar surface area (TPSA) is 40.6 Å². The van der Waals surface area contributed by atoms with E-state index in [2.05, 4.69) is 25.7 Å². The lowest BCUT2D eigenvalue weighted by Crippen LogP contribution is -2.47. The highest BCUT2D eigenvalue weighted by molar-refractivity contribution is 7.89. The van der Waals surface area contributed by atoms with Crippen molar-refractivity contribution in [3.63, 3.8) is 0 Å². The second-order valence-electron chi connectivity index (χ2n) is 6.94. The molecule has 1 aliphatic rings. The maximum absolute atomic E-state index is 12.9. The van der Waals surface area contributed by atoms with Crippen LogP contribution >= 0.6 is 0 Å². The first-order valence-corrected chi connectivity index (χ1v) is 8.86. The van der Waals surface area contributed by atoms with Crippen molar-refractivity contribution < 1.29 is 8.42 Å². The van der Waals surface area contributed by atoms with Gasteiger partial charge in [0.25, 0.3) is 0 Å². The zero-order valence-corrected chi connectivity index (χ0v) is 14.5. The highest BCUT2D eigenvalue weighted by Crippen LogP contribution is 2.28. The molecule has 0 spiro atoms. The van der Waals surface area contributed by atoms with Crippen molar-refractivity contribution in [3.05, 3.63) is 29.3 Å². The summed E-state index contributed by atoms with van der Waals surface area (Å²) in [5, 5.41) is 0. The summed E-state index contributed by atoms with van der Waals surface area (Å²) in [7, 11) is -1.37. The average molecular weight is 310 g/mol. The Kier molecular flexibility index (Phi) is 4.47. The van der Waals surface area contributed by atoms with Gasteiger partial charge < -0.3 is 4.90 Å². The lowest BCUT2D eigenvalue weighted by Gasteiger charge is -2.32. The van der Waals surface area contributed by atoms with Crippen LogP contribution in [0.15, 0.2) is 23.1 Å². The standard InChI is InChI=1S/C16H26N2O2S/c1-13-6-7-14(16(2,3)4)12-15(13)21(19,20)18-10-8-17(5)9-11-18/h6-7,12H,8-11H2,1-5H3. The molecule has 0 bridgehead atoms. The van der Waals surface area contributed by atoms with Crippen LogP contribution in [0, 0.1) is 6.92 Å². The highest BCUT2D eigenvalue weighted by atomic mass is 32.2. The van der Waals surface area contributed by atoms with Crippen LogP contribution in [0.25, 0.3) is 0 Å². The summed E-state index contributed by atoms with van der Waals surface area (Å²) in [5.41, 5.74) is 1.82. The molecule has 0 aliphatic carbocycles. The minimum Gasteiger partial charge on any atom is -0.304 e. The van der Waals surface area contributed by atoms with Gasteiger partial charge in [0.05, 0.1) is 4.90 Å². The molecule has 21 heavy (non-hydrogen) atoms. The Morgan fingerprint density at radius 1 is 1.05 bits per heavy atom. The molecule has 1 aromatic carbocycles. The molecule has 1 saturated heterocycles. The number of hydrogen-bond donors (Lipinski definition) is 0. The molecule has 5 heteroatoms. The zero-order valence-electron chi connectivity index (χ0n) is 13.7. The molecule has 0 radical (unpaired) electrons. The maximum Gasteiger partial charge on any atom is 0.243 e. The van der Waals surface area contributed by atoms with Crippen LogP contribution in [-0.4, -0.2) is 50.8 Å². The third-order valence-electron chi connectivity index (χ3n) is 4.13. The van der Waals surface area contributed by atoms with E-state index in [0.717, 1.165) is 24.2 Å². The van der Waals surface area contributed by atoms with E-state index in [4.69, 9.17) is 0 Å². The van der Waals surface area contributed by atoms with Crippen molar-refractivity contribution >= 4 is 10.0 Å². The van der Waals surface area contributed by atoms with E-state index in [-0.39, 0.29) is 5.41 Å². The van der Waals surface area contributed by atoms with Gasteiger partial charge in [-0.15, -0.1) is 0 Å². The van der Waals surface area contributed by atoms with Gasteiger partial charge in [-0.3, -0.25) is 0 Å². The lowest BCUT2D eigenvalue weighted by atomic mass is 9.87. The molecule has 1 heterocycles. The number of benzene rings is 1. The second kappa shape index (κ2) is 5.71. The number of likely N-dealkylation sites (N-methyl/N-ethyl adjacent to an activating group) is 1. The highest BCUT2D eigenvalue weighted by Gasteiger charge is 2.29. The van der Waals surface area contributed by atoms with Crippen LogP contribution < -0.4 is 0 Å². The van der Waals surface area contributed by atoms with E-state index in [1.807, 2.05) is 32.2 Å². The molecule has 4 nitrogen and oxygen atoms in total. The first kappa shape index (κ1) is 16.5. The normalized spacial score (nSPS) is 18.9. The van der Waals surface area contributed by atoms with Crippen LogP contribution in [0.2, 0.25) is 0 Å². The molecular weight excluding hydrogens is 284 g/mol. The van der Waals surface area contributed by atoms with Gasteiger partial charge >= 0.3 is 0 Å². The number of aryl methyl sites for hydroxylation is 1. The van der Waals surface area contributed by atoms with Crippen LogP contribution in [0.5, 0.6) is 0 Å². The van der Waals surface area contributed by atoms with Crippen molar-refractivity contribution in [1.29, 1.82) is 0 Å². The van der Waals surface area contributed by atoms with Crippen LogP contribution in [0.3, 0.4) is 0 Å². The van der Waals surface area contributed by atoms with Crippen molar-refractivity contribution in [2.45, 2.75) is 38.0 Å². The fourth-order valence-electron chi connectivity index (χ4n) is 2.51. The molecule has 0 atom stereocenters. The predicted octanol–water partition coefficient (Wildman–Crippen LogP) is 2.23. The molecule has 2 rings (SSSR count). The molecule has 0 unspecified atom stereocenters. The number of piperazine rings is 1. The molecule has 1 aliphatic heterocycles. The van der Waals surface area contributed by atoms with Gasteiger partial charge in [-0.2, -0.15) is 4.31 Å². The summed E-state index contributed by atoms with van der Waals surface area (Å²) >= 11 is 0. The van der Waals surface area contributed by atoms with E-state index in [1.54, 1.807) is 4.31 Å². The van der Waals surface area contributed by atoms with Gasteiger partial charge in [0.15, 0.2) is 0 Å². The first-order chi connectivity index (χ1) is 9.62. The van der Waals surface area contributed by atoms with Gasteiger partial charge in [0, 0.05) is 26.2 Å². The molecular formula is C16H26N2O2S. The largest absolute Gasteiger partial charge is 0.304 e. The fourth-order valence-corrected chi connectivity index (χ4v) is 4.19. The van der Waals surface area contributed by atoms with Crippen molar-refractivity contribution in [2.24, 2.45) is 0 Å². The summed E-state index contributed by atoms with van der Waals surface area (Å²) in [6.07, 6.45) is 0. The number of hydrogen-bond acceptors (Lipinski definition) is 3. The summed E-state index contributed by atoms with van der Waals surface area (Å²) < 4.78 is 27.4. The number of nitrogens with zero attached hydrogens (tertiary/aromatic N) is 2.